The lowest BCUT2D eigenvalue weighted by molar-refractivity contribution is -0.153. The summed E-state index contributed by atoms with van der Waals surface area (Å²) in [6.07, 6.45) is 5.11. The van der Waals surface area contributed by atoms with E-state index in [0.29, 0.717) is 37.5 Å². The lowest BCUT2D eigenvalue weighted by atomic mass is 9.86. The minimum atomic E-state index is -0.654. The number of para-hydroxylation sites is 1. The molecule has 3 N–H and O–H groups in total. The highest BCUT2D eigenvalue weighted by atomic mass is 16.5. The summed E-state index contributed by atoms with van der Waals surface area (Å²) in [5.41, 5.74) is 0.715. The van der Waals surface area contributed by atoms with Crippen LogP contribution >= 0.6 is 0 Å². The maximum atomic E-state index is 12.3. The van der Waals surface area contributed by atoms with Crippen LogP contribution in [0.3, 0.4) is 0 Å². The van der Waals surface area contributed by atoms with E-state index < -0.39 is 24.5 Å². The van der Waals surface area contributed by atoms with E-state index in [4.69, 9.17) is 4.74 Å². The molecule has 1 aliphatic carbocycles. The van der Waals surface area contributed by atoms with Crippen molar-refractivity contribution >= 4 is 29.6 Å². The number of hydrogen-bond acceptors (Lipinski definition) is 5. The molecule has 2 aliphatic rings. The fraction of sp³-hybridized carbons (Fsp3) is 0.565. The zero-order chi connectivity index (χ0) is 22.9. The third-order valence-electron chi connectivity index (χ3n) is 6.17. The molecule has 1 saturated heterocycles. The molecule has 174 valence electrons. The number of nitrogens with one attached hydrogen (secondary N) is 3. The number of piperidine rings is 1. The van der Waals surface area contributed by atoms with Gasteiger partial charge in [-0.15, -0.1) is 0 Å². The zero-order valence-corrected chi connectivity index (χ0v) is 18.5. The molecule has 0 radical (unpaired) electrons. The highest BCUT2D eigenvalue weighted by molar-refractivity contribution is 5.95. The molecule has 0 aromatic heterocycles. The van der Waals surface area contributed by atoms with Gasteiger partial charge in [0, 0.05) is 24.8 Å². The van der Waals surface area contributed by atoms with E-state index in [1.807, 2.05) is 30.3 Å². The van der Waals surface area contributed by atoms with E-state index in [0.717, 1.165) is 25.7 Å². The average Bonchev–Trinajstić information content (AvgIpc) is 2.79. The average molecular weight is 445 g/mol. The molecule has 3 rings (SSSR count). The van der Waals surface area contributed by atoms with Crippen molar-refractivity contribution in [2.75, 3.05) is 25.0 Å². The monoisotopic (exact) mass is 444 g/mol. The minimum absolute atomic E-state index is 0.0587. The standard InChI is InChI=1S/C23H32N4O5/c1-16-7-5-6-10-19(16)25-22(30)26-20(28)15-32-21(29)17-11-13-27(14-12-17)23(31)24-18-8-3-2-4-9-18/h2-4,8-9,16-17,19H,5-7,10-15H2,1H3,(H,24,31)(H2,25,26,28,30). The van der Waals surface area contributed by atoms with Crippen LogP contribution in [0, 0.1) is 11.8 Å². The molecule has 32 heavy (non-hydrogen) atoms. The smallest absolute Gasteiger partial charge is 0.321 e. The number of rotatable bonds is 5. The van der Waals surface area contributed by atoms with Crippen LogP contribution < -0.4 is 16.0 Å². The van der Waals surface area contributed by atoms with Gasteiger partial charge in [0.05, 0.1) is 5.92 Å². The van der Waals surface area contributed by atoms with E-state index in [1.165, 1.54) is 0 Å². The molecule has 2 fully saturated rings. The Hall–Kier alpha value is -3.10. The summed E-state index contributed by atoms with van der Waals surface area (Å²) in [6.45, 7) is 2.44. The Kier molecular flexibility index (Phi) is 8.47. The van der Waals surface area contributed by atoms with Crippen LogP contribution in [0.1, 0.15) is 45.4 Å². The van der Waals surface area contributed by atoms with Crippen molar-refractivity contribution in [3.8, 4) is 0 Å². The van der Waals surface area contributed by atoms with Gasteiger partial charge in [-0.3, -0.25) is 14.9 Å². The quantitative estimate of drug-likeness (QED) is 0.604. The van der Waals surface area contributed by atoms with Gasteiger partial charge in [-0.05, 0) is 43.7 Å². The molecule has 1 aliphatic heterocycles. The third-order valence-corrected chi connectivity index (χ3v) is 6.17. The van der Waals surface area contributed by atoms with Crippen molar-refractivity contribution in [1.29, 1.82) is 0 Å². The minimum Gasteiger partial charge on any atom is -0.455 e. The van der Waals surface area contributed by atoms with Gasteiger partial charge in [-0.2, -0.15) is 0 Å². The number of amides is 5. The van der Waals surface area contributed by atoms with Crippen LogP contribution in [-0.4, -0.2) is 54.6 Å². The molecule has 0 spiro atoms. The number of likely N-dealkylation sites (tertiary alicyclic amines) is 1. The Balaban J connectivity index is 1.33. The number of ether oxygens (including phenoxy) is 1. The highest BCUT2D eigenvalue weighted by Crippen LogP contribution is 2.23. The largest absolute Gasteiger partial charge is 0.455 e. The molecule has 0 bridgehead atoms. The number of imide groups is 1. The molecule has 9 heteroatoms. The van der Waals surface area contributed by atoms with Gasteiger partial charge < -0.3 is 20.3 Å². The van der Waals surface area contributed by atoms with Crippen LogP contribution in [0.25, 0.3) is 0 Å². The van der Waals surface area contributed by atoms with Crippen molar-refractivity contribution in [1.82, 2.24) is 15.5 Å². The highest BCUT2D eigenvalue weighted by Gasteiger charge is 2.29. The Morgan fingerprint density at radius 2 is 1.69 bits per heavy atom. The second-order valence-corrected chi connectivity index (χ2v) is 8.56. The Bertz CT molecular complexity index is 808. The SMILES string of the molecule is CC1CCCCC1NC(=O)NC(=O)COC(=O)C1CCN(C(=O)Nc2ccccc2)CC1. The van der Waals surface area contributed by atoms with E-state index in [2.05, 4.69) is 22.9 Å². The fourth-order valence-electron chi connectivity index (χ4n) is 4.19. The molecule has 1 saturated carbocycles. The summed E-state index contributed by atoms with van der Waals surface area (Å²) in [5, 5.41) is 7.88. The van der Waals surface area contributed by atoms with Crippen LogP contribution in [0.2, 0.25) is 0 Å². The number of hydrogen-bond donors (Lipinski definition) is 3. The molecular weight excluding hydrogens is 412 g/mol. The van der Waals surface area contributed by atoms with Gasteiger partial charge in [-0.25, -0.2) is 9.59 Å². The van der Waals surface area contributed by atoms with Gasteiger partial charge in [0.15, 0.2) is 6.61 Å². The maximum absolute atomic E-state index is 12.3. The summed E-state index contributed by atoms with van der Waals surface area (Å²) in [6, 6.07) is 8.47. The normalized spacial score (nSPS) is 21.3. The number of esters is 1. The van der Waals surface area contributed by atoms with Crippen molar-refractivity contribution in [3.63, 3.8) is 0 Å². The van der Waals surface area contributed by atoms with Crippen LogP contribution in [0.4, 0.5) is 15.3 Å². The molecular formula is C23H32N4O5. The number of carbonyl (C=O) groups excluding carboxylic acids is 4. The number of carbonyl (C=O) groups is 4. The first-order valence-corrected chi connectivity index (χ1v) is 11.3. The Labute approximate surface area is 188 Å². The predicted octanol–water partition coefficient (Wildman–Crippen LogP) is 2.88. The van der Waals surface area contributed by atoms with Crippen molar-refractivity contribution in [3.05, 3.63) is 30.3 Å². The fourth-order valence-corrected chi connectivity index (χ4v) is 4.19. The van der Waals surface area contributed by atoms with Crippen molar-refractivity contribution in [2.24, 2.45) is 11.8 Å². The van der Waals surface area contributed by atoms with Crippen molar-refractivity contribution < 1.29 is 23.9 Å². The van der Waals surface area contributed by atoms with Gasteiger partial charge in [-0.1, -0.05) is 38.0 Å². The lowest BCUT2D eigenvalue weighted by Crippen LogP contribution is -2.48. The molecule has 2 atom stereocenters. The topological polar surface area (TPSA) is 117 Å². The molecule has 1 heterocycles. The van der Waals surface area contributed by atoms with Gasteiger partial charge in [0.1, 0.15) is 0 Å². The maximum Gasteiger partial charge on any atom is 0.321 e. The first kappa shape index (κ1) is 23.6. The third kappa shape index (κ3) is 6.96. The zero-order valence-electron chi connectivity index (χ0n) is 18.5. The second kappa shape index (κ2) is 11.5. The summed E-state index contributed by atoms with van der Waals surface area (Å²) in [5.74, 6) is -1.13. The first-order chi connectivity index (χ1) is 15.4. The summed E-state index contributed by atoms with van der Waals surface area (Å²) in [4.78, 5) is 50.3. The van der Waals surface area contributed by atoms with Gasteiger partial charge >= 0.3 is 18.0 Å². The Morgan fingerprint density at radius 1 is 1.00 bits per heavy atom. The lowest BCUT2D eigenvalue weighted by Gasteiger charge is -2.31. The summed E-state index contributed by atoms with van der Waals surface area (Å²) >= 11 is 0. The Morgan fingerprint density at radius 3 is 2.38 bits per heavy atom. The number of urea groups is 2. The van der Waals surface area contributed by atoms with Crippen LogP contribution in [-0.2, 0) is 14.3 Å². The van der Waals surface area contributed by atoms with E-state index in [-0.39, 0.29) is 18.0 Å². The second-order valence-electron chi connectivity index (χ2n) is 8.56. The van der Waals surface area contributed by atoms with Crippen molar-refractivity contribution in [2.45, 2.75) is 51.5 Å². The van der Waals surface area contributed by atoms with E-state index in [9.17, 15) is 19.2 Å². The van der Waals surface area contributed by atoms with Crippen LogP contribution in [0.5, 0.6) is 0 Å². The first-order valence-electron chi connectivity index (χ1n) is 11.3. The number of anilines is 1. The van der Waals surface area contributed by atoms with Gasteiger partial charge in [0.2, 0.25) is 0 Å². The molecule has 5 amide bonds. The molecule has 1 aromatic rings. The number of nitrogens with zero attached hydrogens (tertiary/aromatic N) is 1. The van der Waals surface area contributed by atoms with E-state index in [1.54, 1.807) is 4.90 Å². The summed E-state index contributed by atoms with van der Waals surface area (Å²) < 4.78 is 5.10. The molecule has 9 nitrogen and oxygen atoms in total. The predicted molar refractivity (Wildman–Crippen MR) is 119 cm³/mol. The molecule has 1 aromatic carbocycles. The van der Waals surface area contributed by atoms with E-state index >= 15 is 0 Å². The number of benzene rings is 1. The summed E-state index contributed by atoms with van der Waals surface area (Å²) in [7, 11) is 0. The molecule has 2 unspecified atom stereocenters. The van der Waals surface area contributed by atoms with Crippen LogP contribution in [0.15, 0.2) is 30.3 Å². The van der Waals surface area contributed by atoms with Gasteiger partial charge in [0.25, 0.3) is 5.91 Å².